The molecule has 0 radical (unpaired) electrons. The maximum atomic E-state index is 12.9. The Hall–Kier alpha value is -2.49. The number of pyridine rings is 1. The molecule has 3 rings (SSSR count). The van der Waals surface area contributed by atoms with Crippen LogP contribution in [0.3, 0.4) is 0 Å². The van der Waals surface area contributed by atoms with Gasteiger partial charge in [0.15, 0.2) is 0 Å². The van der Waals surface area contributed by atoms with Crippen molar-refractivity contribution in [2.75, 3.05) is 31.6 Å². The molecule has 1 saturated heterocycles. The average Bonchev–Trinajstić information content (AvgIpc) is 2.66. The Morgan fingerprint density at radius 1 is 1.19 bits per heavy atom. The lowest BCUT2D eigenvalue weighted by atomic mass is 10.2. The lowest BCUT2D eigenvalue weighted by molar-refractivity contribution is -0.116. The Balaban J connectivity index is 1.80. The number of morpholine rings is 1. The molecule has 1 fully saturated rings. The standard InChI is InChI=1S/C18H21N3O5S/c1-14-5-6-15(19-17(22)13-20-7-3-2-4-18(20)23)12-16(14)27(24,25)21-8-10-26-11-9-21/h2-7,12H,8-11,13H2,1H3,(H,19,22). The van der Waals surface area contributed by atoms with Gasteiger partial charge in [0.1, 0.15) is 6.54 Å². The highest BCUT2D eigenvalue weighted by Gasteiger charge is 2.28. The minimum absolute atomic E-state index is 0.152. The van der Waals surface area contributed by atoms with Crippen molar-refractivity contribution in [3.05, 3.63) is 58.5 Å². The molecule has 0 atom stereocenters. The van der Waals surface area contributed by atoms with Crippen LogP contribution >= 0.6 is 0 Å². The summed E-state index contributed by atoms with van der Waals surface area (Å²) in [6.07, 6.45) is 1.52. The summed E-state index contributed by atoms with van der Waals surface area (Å²) in [5.74, 6) is -0.415. The molecule has 0 aliphatic carbocycles. The van der Waals surface area contributed by atoms with Gasteiger partial charge in [0, 0.05) is 31.0 Å². The summed E-state index contributed by atoms with van der Waals surface area (Å²) in [4.78, 5) is 24.1. The summed E-state index contributed by atoms with van der Waals surface area (Å²) < 4.78 is 33.7. The molecule has 0 bridgehead atoms. The number of rotatable bonds is 5. The van der Waals surface area contributed by atoms with Crippen LogP contribution in [-0.2, 0) is 26.1 Å². The number of nitrogens with zero attached hydrogens (tertiary/aromatic N) is 2. The molecule has 1 aromatic carbocycles. The smallest absolute Gasteiger partial charge is 0.250 e. The largest absolute Gasteiger partial charge is 0.379 e. The summed E-state index contributed by atoms with van der Waals surface area (Å²) in [5.41, 5.74) is 0.673. The zero-order valence-corrected chi connectivity index (χ0v) is 15.7. The van der Waals surface area contributed by atoms with Crippen molar-refractivity contribution in [2.24, 2.45) is 0 Å². The van der Waals surface area contributed by atoms with Crippen molar-refractivity contribution in [1.29, 1.82) is 0 Å². The molecule has 1 amide bonds. The number of benzene rings is 1. The second-order valence-corrected chi connectivity index (χ2v) is 8.12. The van der Waals surface area contributed by atoms with Gasteiger partial charge in [-0.05, 0) is 30.7 Å². The molecule has 0 saturated carbocycles. The zero-order valence-electron chi connectivity index (χ0n) is 14.9. The fourth-order valence-electron chi connectivity index (χ4n) is 2.83. The Kier molecular flexibility index (Phi) is 5.73. The monoisotopic (exact) mass is 391 g/mol. The van der Waals surface area contributed by atoms with E-state index in [9.17, 15) is 18.0 Å². The first-order valence-corrected chi connectivity index (χ1v) is 9.96. The Morgan fingerprint density at radius 2 is 1.93 bits per heavy atom. The van der Waals surface area contributed by atoms with Crippen LogP contribution in [-0.4, -0.2) is 49.5 Å². The van der Waals surface area contributed by atoms with E-state index in [1.165, 1.54) is 27.2 Å². The highest BCUT2D eigenvalue weighted by molar-refractivity contribution is 7.89. The van der Waals surface area contributed by atoms with Gasteiger partial charge in [0.2, 0.25) is 15.9 Å². The fraction of sp³-hybridized carbons (Fsp3) is 0.333. The number of nitrogens with one attached hydrogen (secondary N) is 1. The Labute approximate surface area is 157 Å². The van der Waals surface area contributed by atoms with E-state index >= 15 is 0 Å². The summed E-state index contributed by atoms with van der Waals surface area (Å²) in [5, 5.41) is 2.65. The number of aromatic nitrogens is 1. The summed E-state index contributed by atoms with van der Waals surface area (Å²) >= 11 is 0. The number of carbonyl (C=O) groups excluding carboxylic acids is 1. The van der Waals surface area contributed by atoms with E-state index in [0.29, 0.717) is 37.6 Å². The SMILES string of the molecule is Cc1ccc(NC(=O)Cn2ccccc2=O)cc1S(=O)(=O)N1CCOCC1. The molecule has 1 aliphatic heterocycles. The molecule has 2 heterocycles. The van der Waals surface area contributed by atoms with Crippen molar-refractivity contribution in [3.8, 4) is 0 Å². The summed E-state index contributed by atoms with van der Waals surface area (Å²) in [7, 11) is -3.67. The fourth-order valence-corrected chi connectivity index (χ4v) is 4.49. The van der Waals surface area contributed by atoms with Crippen LogP contribution in [0.4, 0.5) is 5.69 Å². The lowest BCUT2D eigenvalue weighted by Gasteiger charge is -2.26. The second-order valence-electron chi connectivity index (χ2n) is 6.21. The summed E-state index contributed by atoms with van der Waals surface area (Å²) in [6, 6.07) is 9.36. The molecule has 1 aliphatic rings. The Morgan fingerprint density at radius 3 is 2.63 bits per heavy atom. The molecule has 1 aromatic heterocycles. The first-order chi connectivity index (χ1) is 12.9. The van der Waals surface area contributed by atoms with E-state index in [1.807, 2.05) is 0 Å². The number of ether oxygens (including phenoxy) is 1. The van der Waals surface area contributed by atoms with E-state index in [0.717, 1.165) is 0 Å². The van der Waals surface area contributed by atoms with Gasteiger partial charge in [0.25, 0.3) is 5.56 Å². The van der Waals surface area contributed by atoms with Crippen molar-refractivity contribution >= 4 is 21.6 Å². The molecule has 2 aromatic rings. The van der Waals surface area contributed by atoms with Crippen molar-refractivity contribution < 1.29 is 17.9 Å². The third-order valence-electron chi connectivity index (χ3n) is 4.27. The van der Waals surface area contributed by atoms with Gasteiger partial charge < -0.3 is 14.6 Å². The second kappa shape index (κ2) is 8.03. The van der Waals surface area contributed by atoms with Gasteiger partial charge in [-0.2, -0.15) is 4.31 Å². The third kappa shape index (κ3) is 4.44. The number of hydrogen-bond donors (Lipinski definition) is 1. The molecular formula is C18H21N3O5S. The highest BCUT2D eigenvalue weighted by Crippen LogP contribution is 2.24. The molecule has 0 unspecified atom stereocenters. The number of aryl methyl sites for hydroxylation is 1. The number of hydrogen-bond acceptors (Lipinski definition) is 5. The van der Waals surface area contributed by atoms with Gasteiger partial charge in [-0.15, -0.1) is 0 Å². The first-order valence-electron chi connectivity index (χ1n) is 8.52. The van der Waals surface area contributed by atoms with Gasteiger partial charge in [-0.25, -0.2) is 8.42 Å². The Bertz CT molecular complexity index is 994. The van der Waals surface area contributed by atoms with Gasteiger partial charge in [0.05, 0.1) is 18.1 Å². The predicted molar refractivity (Wildman–Crippen MR) is 100 cm³/mol. The average molecular weight is 391 g/mol. The van der Waals surface area contributed by atoms with E-state index in [4.69, 9.17) is 4.74 Å². The molecule has 144 valence electrons. The normalized spacial score (nSPS) is 15.4. The van der Waals surface area contributed by atoms with E-state index in [2.05, 4.69) is 5.32 Å². The quantitative estimate of drug-likeness (QED) is 0.814. The van der Waals surface area contributed by atoms with Gasteiger partial charge >= 0.3 is 0 Å². The molecule has 27 heavy (non-hydrogen) atoms. The van der Waals surface area contributed by atoms with Crippen LogP contribution in [0.25, 0.3) is 0 Å². The molecule has 9 heteroatoms. The van der Waals surface area contributed by atoms with Crippen LogP contribution in [0.15, 0.2) is 52.3 Å². The van der Waals surface area contributed by atoms with Gasteiger partial charge in [-0.3, -0.25) is 9.59 Å². The van der Waals surface area contributed by atoms with E-state index in [1.54, 1.807) is 31.2 Å². The maximum Gasteiger partial charge on any atom is 0.250 e. The van der Waals surface area contributed by atoms with E-state index < -0.39 is 15.9 Å². The molecule has 0 spiro atoms. The van der Waals surface area contributed by atoms with Crippen molar-refractivity contribution in [2.45, 2.75) is 18.4 Å². The minimum atomic E-state index is -3.67. The topological polar surface area (TPSA) is 97.7 Å². The minimum Gasteiger partial charge on any atom is -0.379 e. The van der Waals surface area contributed by atoms with Crippen LogP contribution < -0.4 is 10.9 Å². The van der Waals surface area contributed by atoms with Crippen molar-refractivity contribution in [3.63, 3.8) is 0 Å². The van der Waals surface area contributed by atoms with Crippen LogP contribution in [0.5, 0.6) is 0 Å². The number of amides is 1. The summed E-state index contributed by atoms with van der Waals surface area (Å²) in [6.45, 7) is 2.88. The highest BCUT2D eigenvalue weighted by atomic mass is 32.2. The molecule has 8 nitrogen and oxygen atoms in total. The first kappa shape index (κ1) is 19.3. The van der Waals surface area contributed by atoms with Crippen LogP contribution in [0, 0.1) is 6.92 Å². The lowest BCUT2D eigenvalue weighted by Crippen LogP contribution is -2.40. The molecule has 1 N–H and O–H groups in total. The van der Waals surface area contributed by atoms with E-state index in [-0.39, 0.29) is 17.0 Å². The number of sulfonamides is 1. The van der Waals surface area contributed by atoms with Crippen LogP contribution in [0.2, 0.25) is 0 Å². The molecular weight excluding hydrogens is 370 g/mol. The number of anilines is 1. The third-order valence-corrected chi connectivity index (χ3v) is 6.31. The number of carbonyl (C=O) groups is 1. The van der Waals surface area contributed by atoms with Gasteiger partial charge in [-0.1, -0.05) is 12.1 Å². The zero-order chi connectivity index (χ0) is 19.4. The predicted octanol–water partition coefficient (Wildman–Crippen LogP) is 0.816. The van der Waals surface area contributed by atoms with Crippen LogP contribution in [0.1, 0.15) is 5.56 Å². The van der Waals surface area contributed by atoms with Crippen molar-refractivity contribution in [1.82, 2.24) is 8.87 Å². The maximum absolute atomic E-state index is 12.9.